The van der Waals surface area contributed by atoms with E-state index in [1.54, 1.807) is 11.7 Å². The Morgan fingerprint density at radius 1 is 1.38 bits per heavy atom. The molecule has 26 heavy (non-hydrogen) atoms. The third kappa shape index (κ3) is 4.56. The van der Waals surface area contributed by atoms with Gasteiger partial charge < -0.3 is 15.4 Å². The van der Waals surface area contributed by atoms with Gasteiger partial charge in [0.25, 0.3) is 5.56 Å². The summed E-state index contributed by atoms with van der Waals surface area (Å²) in [5, 5.41) is 9.48. The average molecular weight is 406 g/mol. The van der Waals surface area contributed by atoms with E-state index in [-0.39, 0.29) is 42.3 Å². The molecular weight excluding hydrogens is 381 g/mol. The van der Waals surface area contributed by atoms with Crippen molar-refractivity contribution in [2.45, 2.75) is 32.9 Å². The number of hydrogen-bond acceptors (Lipinski definition) is 5. The van der Waals surface area contributed by atoms with E-state index in [0.29, 0.717) is 37.2 Å². The predicted octanol–water partition coefficient (Wildman–Crippen LogP) is 0.717. The van der Waals surface area contributed by atoms with E-state index in [0.717, 1.165) is 23.4 Å². The minimum atomic E-state index is -0.159. The lowest BCUT2D eigenvalue weighted by Gasteiger charge is -2.23. The quantitative estimate of drug-likeness (QED) is 0.695. The monoisotopic (exact) mass is 405 g/mol. The maximum atomic E-state index is 12.1. The number of hydrogen-bond donors (Lipinski definition) is 3. The number of H-pyrrole nitrogens is 1. The first-order chi connectivity index (χ1) is 11.5. The highest BCUT2D eigenvalue weighted by atomic mass is 35.5. The number of halogens is 2. The van der Waals surface area contributed by atoms with Crippen LogP contribution in [0, 0.1) is 13.8 Å². The van der Waals surface area contributed by atoms with Crippen LogP contribution < -0.4 is 16.2 Å². The van der Waals surface area contributed by atoms with Gasteiger partial charge >= 0.3 is 0 Å². The summed E-state index contributed by atoms with van der Waals surface area (Å²) >= 11 is 0. The zero-order valence-corrected chi connectivity index (χ0v) is 16.7. The summed E-state index contributed by atoms with van der Waals surface area (Å²) in [7, 11) is 1.76. The summed E-state index contributed by atoms with van der Waals surface area (Å²) in [4.78, 5) is 28.7. The summed E-state index contributed by atoms with van der Waals surface area (Å²) in [6, 6.07) is 0.0542. The van der Waals surface area contributed by atoms with E-state index in [9.17, 15) is 9.59 Å². The van der Waals surface area contributed by atoms with Crippen molar-refractivity contribution in [2.75, 3.05) is 19.8 Å². The summed E-state index contributed by atoms with van der Waals surface area (Å²) in [6.45, 7) is 6.16. The second-order valence-electron chi connectivity index (χ2n) is 6.21. The number of nitrogens with zero attached hydrogens (tertiary/aromatic N) is 2. The molecule has 1 unspecified atom stereocenters. The second kappa shape index (κ2) is 9.36. The summed E-state index contributed by atoms with van der Waals surface area (Å²) < 4.78 is 6.97. The number of aryl methyl sites for hydroxylation is 3. The molecule has 8 nitrogen and oxygen atoms in total. The molecule has 1 aliphatic heterocycles. The Kier molecular flexibility index (Phi) is 8.08. The van der Waals surface area contributed by atoms with E-state index in [4.69, 9.17) is 4.74 Å². The Hall–Kier alpha value is -1.61. The van der Waals surface area contributed by atoms with Gasteiger partial charge in [-0.15, -0.1) is 24.8 Å². The Bertz CT molecular complexity index is 827. The fourth-order valence-corrected chi connectivity index (χ4v) is 3.14. The first-order valence-corrected chi connectivity index (χ1v) is 8.10. The number of nitrogens with one attached hydrogen (secondary N) is 3. The van der Waals surface area contributed by atoms with Gasteiger partial charge in [0.2, 0.25) is 5.91 Å². The second-order valence-corrected chi connectivity index (χ2v) is 6.21. The number of aromatic nitrogens is 3. The van der Waals surface area contributed by atoms with Crippen molar-refractivity contribution in [3.63, 3.8) is 0 Å². The van der Waals surface area contributed by atoms with Gasteiger partial charge in [-0.1, -0.05) is 0 Å². The molecule has 3 rings (SSSR count). The van der Waals surface area contributed by atoms with Crippen molar-refractivity contribution in [1.29, 1.82) is 0 Å². The number of fused-ring (bicyclic) bond motifs is 1. The van der Waals surface area contributed by atoms with Gasteiger partial charge in [0.15, 0.2) is 5.65 Å². The number of morpholine rings is 1. The normalized spacial score (nSPS) is 16.7. The Morgan fingerprint density at radius 2 is 2.12 bits per heavy atom. The highest BCUT2D eigenvalue weighted by Crippen LogP contribution is 2.19. The van der Waals surface area contributed by atoms with Gasteiger partial charge in [0, 0.05) is 38.3 Å². The molecule has 1 aliphatic rings. The molecule has 146 valence electrons. The molecule has 0 aromatic carbocycles. The number of rotatable bonds is 4. The molecule has 0 aliphatic carbocycles. The zero-order chi connectivity index (χ0) is 17.3. The summed E-state index contributed by atoms with van der Waals surface area (Å²) in [6.07, 6.45) is 0.375. The van der Waals surface area contributed by atoms with Crippen LogP contribution in [0.15, 0.2) is 4.79 Å². The van der Waals surface area contributed by atoms with E-state index in [1.165, 1.54) is 0 Å². The fraction of sp³-hybridized carbons (Fsp3) is 0.562. The molecule has 0 radical (unpaired) electrons. The van der Waals surface area contributed by atoms with Gasteiger partial charge in [-0.05, 0) is 25.0 Å². The van der Waals surface area contributed by atoms with Gasteiger partial charge in [0.05, 0.1) is 18.6 Å². The molecule has 2 aromatic rings. The molecule has 10 heteroatoms. The van der Waals surface area contributed by atoms with Gasteiger partial charge in [-0.3, -0.25) is 19.4 Å². The third-order valence-corrected chi connectivity index (χ3v) is 4.47. The molecule has 1 saturated heterocycles. The number of amides is 1. The Balaban J connectivity index is 0.00000169. The van der Waals surface area contributed by atoms with E-state index >= 15 is 0 Å². The zero-order valence-electron chi connectivity index (χ0n) is 15.0. The number of ether oxygens (including phenoxy) is 1. The van der Waals surface area contributed by atoms with Crippen molar-refractivity contribution < 1.29 is 9.53 Å². The minimum absolute atomic E-state index is 0. The smallest absolute Gasteiger partial charge is 0.273 e. The van der Waals surface area contributed by atoms with Crippen molar-refractivity contribution in [2.24, 2.45) is 7.05 Å². The molecule has 0 bridgehead atoms. The number of carbonyl (C=O) groups is 1. The number of aromatic amines is 1. The van der Waals surface area contributed by atoms with E-state index in [2.05, 4.69) is 20.7 Å². The Morgan fingerprint density at radius 3 is 2.77 bits per heavy atom. The van der Waals surface area contributed by atoms with E-state index < -0.39 is 0 Å². The lowest BCUT2D eigenvalue weighted by molar-refractivity contribution is -0.122. The van der Waals surface area contributed by atoms with Crippen LogP contribution in [0.4, 0.5) is 0 Å². The Labute approximate surface area is 163 Å². The number of carbonyl (C=O) groups excluding carboxylic acids is 1. The predicted molar refractivity (Wildman–Crippen MR) is 104 cm³/mol. The third-order valence-electron chi connectivity index (χ3n) is 4.47. The van der Waals surface area contributed by atoms with Crippen molar-refractivity contribution >= 4 is 41.8 Å². The first-order valence-electron chi connectivity index (χ1n) is 8.10. The minimum Gasteiger partial charge on any atom is -0.378 e. The van der Waals surface area contributed by atoms with Crippen LogP contribution in [-0.4, -0.2) is 46.5 Å². The molecule has 2 aromatic heterocycles. The average Bonchev–Trinajstić information content (AvgIpc) is 2.82. The van der Waals surface area contributed by atoms with Gasteiger partial charge in [-0.25, -0.2) is 4.98 Å². The molecule has 1 fully saturated rings. The van der Waals surface area contributed by atoms with Gasteiger partial charge in [0.1, 0.15) is 0 Å². The fourth-order valence-electron chi connectivity index (χ4n) is 3.14. The highest BCUT2D eigenvalue weighted by molar-refractivity contribution is 5.85. The molecule has 0 saturated carbocycles. The van der Waals surface area contributed by atoms with Crippen LogP contribution in [0.1, 0.15) is 23.2 Å². The van der Waals surface area contributed by atoms with Crippen LogP contribution in [0.5, 0.6) is 0 Å². The van der Waals surface area contributed by atoms with Gasteiger partial charge in [-0.2, -0.15) is 0 Å². The SMILES string of the molecule is Cc1nc2c(c(C)c1CNC(=O)CC1COCCN1)c(=O)[nH]n2C.Cl.Cl. The van der Waals surface area contributed by atoms with Crippen LogP contribution >= 0.6 is 24.8 Å². The molecule has 1 atom stereocenters. The lowest BCUT2D eigenvalue weighted by atomic mass is 10.0. The first kappa shape index (κ1) is 22.4. The number of pyridine rings is 1. The van der Waals surface area contributed by atoms with Crippen molar-refractivity contribution in [3.8, 4) is 0 Å². The van der Waals surface area contributed by atoms with Crippen LogP contribution in [-0.2, 0) is 23.1 Å². The largest absolute Gasteiger partial charge is 0.378 e. The lowest BCUT2D eigenvalue weighted by Crippen LogP contribution is -2.44. The van der Waals surface area contributed by atoms with Crippen molar-refractivity contribution in [1.82, 2.24) is 25.4 Å². The van der Waals surface area contributed by atoms with Crippen molar-refractivity contribution in [3.05, 3.63) is 27.2 Å². The molecule has 3 N–H and O–H groups in total. The maximum Gasteiger partial charge on any atom is 0.273 e. The topological polar surface area (TPSA) is 101 Å². The molecule has 3 heterocycles. The molecule has 0 spiro atoms. The van der Waals surface area contributed by atoms with E-state index in [1.807, 2.05) is 13.8 Å². The standard InChI is InChI=1S/C16H23N5O3.2ClH/c1-9-12(7-18-13(22)6-11-8-24-5-4-17-11)10(2)19-15-14(9)16(23)20-21(15)3;;/h11,17H,4-8H2,1-3H3,(H,18,22)(H,20,23);2*1H. The highest BCUT2D eigenvalue weighted by Gasteiger charge is 2.18. The molecular formula is C16H25Cl2N5O3. The summed E-state index contributed by atoms with van der Waals surface area (Å²) in [5.41, 5.74) is 3.04. The van der Waals surface area contributed by atoms with Crippen LogP contribution in [0.3, 0.4) is 0 Å². The maximum absolute atomic E-state index is 12.1. The summed E-state index contributed by atoms with van der Waals surface area (Å²) in [5.74, 6) is -0.0427. The van der Waals surface area contributed by atoms with Crippen LogP contribution in [0.2, 0.25) is 0 Å². The molecule has 1 amide bonds. The van der Waals surface area contributed by atoms with Crippen LogP contribution in [0.25, 0.3) is 11.0 Å².